The van der Waals surface area contributed by atoms with Crippen molar-refractivity contribution in [2.24, 2.45) is 0 Å². The number of carboxylic acid groups (broad SMARTS) is 1. The summed E-state index contributed by atoms with van der Waals surface area (Å²) in [5.74, 6) is -0.595. The number of aliphatic carboxylic acids is 1. The molecule has 0 radical (unpaired) electrons. The molecule has 0 saturated heterocycles. The number of carboxylic acids is 1. The number of carbonyl (C=O) groups is 2. The van der Waals surface area contributed by atoms with Gasteiger partial charge in [0.05, 0.1) is 12.1 Å². The zero-order chi connectivity index (χ0) is 20.0. The summed E-state index contributed by atoms with van der Waals surface area (Å²) in [5.41, 5.74) is 1.21. The predicted octanol–water partition coefficient (Wildman–Crippen LogP) is 3.75. The molecule has 1 aliphatic rings. The molecule has 0 atom stereocenters. The lowest BCUT2D eigenvalue weighted by Gasteiger charge is -2.31. The highest BCUT2D eigenvalue weighted by molar-refractivity contribution is 5.95. The summed E-state index contributed by atoms with van der Waals surface area (Å²) < 4.78 is 10.8. The minimum atomic E-state index is -1.07. The quantitative estimate of drug-likeness (QED) is 0.725. The smallest absolute Gasteiger partial charge is 0.341 e. The zero-order valence-corrected chi connectivity index (χ0v) is 15.9. The number of nitrogens with one attached hydrogen (secondary N) is 1. The fourth-order valence-corrected chi connectivity index (χ4v) is 3.69. The van der Waals surface area contributed by atoms with Crippen LogP contribution in [0.25, 0.3) is 0 Å². The third-order valence-electron chi connectivity index (χ3n) is 4.99. The van der Waals surface area contributed by atoms with Crippen molar-refractivity contribution in [3.8, 4) is 11.5 Å². The minimum absolute atomic E-state index is 0.184. The number of ether oxygens (including phenoxy) is 2. The average Bonchev–Trinajstić information content (AvgIpc) is 3.17. The fourth-order valence-electron chi connectivity index (χ4n) is 3.69. The molecule has 1 amide bonds. The first-order chi connectivity index (χ1) is 13.5. The SMILES string of the molecule is CCOc1cc(C(=O)NC2(c3ccccc3)CCCC2)ccc1OCC(=O)O. The van der Waals surface area contributed by atoms with E-state index >= 15 is 0 Å². The summed E-state index contributed by atoms with van der Waals surface area (Å²) in [7, 11) is 0. The van der Waals surface area contributed by atoms with Crippen LogP contribution >= 0.6 is 0 Å². The third kappa shape index (κ3) is 4.44. The summed E-state index contributed by atoms with van der Waals surface area (Å²) in [6, 6.07) is 14.9. The second-order valence-electron chi connectivity index (χ2n) is 6.89. The van der Waals surface area contributed by atoms with Gasteiger partial charge in [0.15, 0.2) is 18.1 Å². The van der Waals surface area contributed by atoms with E-state index in [1.165, 1.54) is 0 Å². The lowest BCUT2D eigenvalue weighted by atomic mass is 9.88. The molecule has 3 rings (SSSR count). The Morgan fingerprint density at radius 3 is 2.39 bits per heavy atom. The van der Waals surface area contributed by atoms with Crippen molar-refractivity contribution >= 4 is 11.9 Å². The van der Waals surface area contributed by atoms with E-state index in [4.69, 9.17) is 14.6 Å². The number of hydrogen-bond acceptors (Lipinski definition) is 4. The van der Waals surface area contributed by atoms with Gasteiger partial charge in [-0.1, -0.05) is 43.2 Å². The predicted molar refractivity (Wildman–Crippen MR) is 105 cm³/mol. The van der Waals surface area contributed by atoms with Gasteiger partial charge in [-0.3, -0.25) is 4.79 Å². The third-order valence-corrected chi connectivity index (χ3v) is 4.99. The summed E-state index contributed by atoms with van der Waals surface area (Å²) in [6.07, 6.45) is 3.95. The highest BCUT2D eigenvalue weighted by atomic mass is 16.5. The molecule has 0 spiro atoms. The van der Waals surface area contributed by atoms with Crippen LogP contribution in [0.2, 0.25) is 0 Å². The molecule has 0 aromatic heterocycles. The largest absolute Gasteiger partial charge is 0.490 e. The maximum absolute atomic E-state index is 13.0. The molecule has 148 valence electrons. The van der Waals surface area contributed by atoms with E-state index in [0.717, 1.165) is 31.2 Å². The standard InChI is InChI=1S/C22H25NO5/c1-2-27-19-14-16(10-11-18(19)28-15-20(24)25)21(26)23-22(12-6-7-13-22)17-8-4-3-5-9-17/h3-5,8-11,14H,2,6-7,12-13,15H2,1H3,(H,23,26)(H,24,25). The Morgan fingerprint density at radius 1 is 1.04 bits per heavy atom. The van der Waals surface area contributed by atoms with Gasteiger partial charge in [-0.25, -0.2) is 4.79 Å². The Labute approximate surface area is 164 Å². The van der Waals surface area contributed by atoms with Crippen LogP contribution in [0, 0.1) is 0 Å². The van der Waals surface area contributed by atoms with Crippen LogP contribution in [0.5, 0.6) is 11.5 Å². The van der Waals surface area contributed by atoms with E-state index in [-0.39, 0.29) is 11.4 Å². The van der Waals surface area contributed by atoms with Crippen molar-refractivity contribution < 1.29 is 24.2 Å². The molecule has 1 saturated carbocycles. The molecular formula is C22H25NO5. The molecule has 28 heavy (non-hydrogen) atoms. The maximum Gasteiger partial charge on any atom is 0.341 e. The van der Waals surface area contributed by atoms with Crippen LogP contribution in [-0.4, -0.2) is 30.2 Å². The highest BCUT2D eigenvalue weighted by Gasteiger charge is 2.37. The van der Waals surface area contributed by atoms with Crippen LogP contribution in [0.15, 0.2) is 48.5 Å². The lowest BCUT2D eigenvalue weighted by molar-refractivity contribution is -0.139. The Hall–Kier alpha value is -3.02. The van der Waals surface area contributed by atoms with Gasteiger partial charge >= 0.3 is 5.97 Å². The van der Waals surface area contributed by atoms with Crippen LogP contribution in [0.4, 0.5) is 0 Å². The van der Waals surface area contributed by atoms with Gasteiger partial charge in [0.25, 0.3) is 5.91 Å². The molecule has 1 fully saturated rings. The van der Waals surface area contributed by atoms with Gasteiger partial charge in [0.2, 0.25) is 0 Å². The van der Waals surface area contributed by atoms with Gasteiger partial charge in [0.1, 0.15) is 0 Å². The van der Waals surface area contributed by atoms with Gasteiger partial charge in [-0.05, 0) is 43.5 Å². The molecule has 6 nitrogen and oxygen atoms in total. The van der Waals surface area contributed by atoms with E-state index in [2.05, 4.69) is 17.4 Å². The van der Waals surface area contributed by atoms with Gasteiger partial charge < -0.3 is 19.9 Å². The van der Waals surface area contributed by atoms with Crippen molar-refractivity contribution in [2.45, 2.75) is 38.1 Å². The molecule has 0 unspecified atom stereocenters. The number of benzene rings is 2. The molecule has 0 heterocycles. The molecule has 0 aliphatic heterocycles. The van der Waals surface area contributed by atoms with Crippen LogP contribution < -0.4 is 14.8 Å². The number of carbonyl (C=O) groups excluding carboxylic acids is 1. The van der Waals surface area contributed by atoms with Crippen LogP contribution in [0.1, 0.15) is 48.5 Å². The Balaban J connectivity index is 1.83. The van der Waals surface area contributed by atoms with Crippen molar-refractivity contribution in [3.63, 3.8) is 0 Å². The van der Waals surface area contributed by atoms with E-state index in [1.54, 1.807) is 18.2 Å². The molecular weight excluding hydrogens is 358 g/mol. The number of hydrogen-bond donors (Lipinski definition) is 2. The molecule has 6 heteroatoms. The van der Waals surface area contributed by atoms with Crippen molar-refractivity contribution in [2.75, 3.05) is 13.2 Å². The molecule has 1 aliphatic carbocycles. The topological polar surface area (TPSA) is 84.9 Å². The van der Waals surface area contributed by atoms with Crippen LogP contribution in [0.3, 0.4) is 0 Å². The van der Waals surface area contributed by atoms with E-state index in [9.17, 15) is 9.59 Å². The lowest BCUT2D eigenvalue weighted by Crippen LogP contribution is -2.43. The maximum atomic E-state index is 13.0. The Bertz CT molecular complexity index is 828. The van der Waals surface area contributed by atoms with Crippen molar-refractivity contribution in [1.29, 1.82) is 0 Å². The molecule has 2 aromatic carbocycles. The normalized spacial score (nSPS) is 15.0. The first-order valence-electron chi connectivity index (χ1n) is 9.53. The molecule has 2 aromatic rings. The van der Waals surface area contributed by atoms with E-state index in [0.29, 0.717) is 23.7 Å². The summed E-state index contributed by atoms with van der Waals surface area (Å²) in [6.45, 7) is 1.72. The summed E-state index contributed by atoms with van der Waals surface area (Å²) in [4.78, 5) is 23.8. The second-order valence-corrected chi connectivity index (χ2v) is 6.89. The van der Waals surface area contributed by atoms with Gasteiger partial charge in [-0.2, -0.15) is 0 Å². The fraction of sp³-hybridized carbons (Fsp3) is 0.364. The Morgan fingerprint density at radius 2 is 1.75 bits per heavy atom. The average molecular weight is 383 g/mol. The summed E-state index contributed by atoms with van der Waals surface area (Å²) in [5, 5.41) is 12.0. The highest BCUT2D eigenvalue weighted by Crippen LogP contribution is 2.39. The number of amides is 1. The molecule has 2 N–H and O–H groups in total. The monoisotopic (exact) mass is 383 g/mol. The van der Waals surface area contributed by atoms with Crippen LogP contribution in [-0.2, 0) is 10.3 Å². The van der Waals surface area contributed by atoms with Crippen molar-refractivity contribution in [1.82, 2.24) is 5.32 Å². The first-order valence-corrected chi connectivity index (χ1v) is 9.53. The Kier molecular flexibility index (Phi) is 6.19. The number of rotatable bonds is 8. The van der Waals surface area contributed by atoms with E-state index in [1.807, 2.05) is 25.1 Å². The first kappa shape index (κ1) is 19.7. The summed E-state index contributed by atoms with van der Waals surface area (Å²) >= 11 is 0. The van der Waals surface area contributed by atoms with Gasteiger partial charge in [-0.15, -0.1) is 0 Å². The minimum Gasteiger partial charge on any atom is -0.490 e. The zero-order valence-electron chi connectivity index (χ0n) is 15.9. The molecule has 0 bridgehead atoms. The van der Waals surface area contributed by atoms with E-state index < -0.39 is 12.6 Å². The van der Waals surface area contributed by atoms with Crippen molar-refractivity contribution in [3.05, 3.63) is 59.7 Å². The van der Waals surface area contributed by atoms with Gasteiger partial charge in [0, 0.05) is 5.56 Å². The second kappa shape index (κ2) is 8.78.